The topological polar surface area (TPSA) is 50.9 Å². The second kappa shape index (κ2) is 6.64. The van der Waals surface area contributed by atoms with E-state index in [4.69, 9.17) is 5.73 Å². The van der Waals surface area contributed by atoms with Crippen LogP contribution in [0.5, 0.6) is 0 Å². The lowest BCUT2D eigenvalue weighted by atomic mass is 9.85. The van der Waals surface area contributed by atoms with Crippen molar-refractivity contribution >= 4 is 0 Å². The Morgan fingerprint density at radius 2 is 1.95 bits per heavy atom. The quantitative estimate of drug-likeness (QED) is 0.847. The van der Waals surface area contributed by atoms with E-state index in [0.717, 1.165) is 13.1 Å². The molecule has 0 saturated carbocycles. The summed E-state index contributed by atoms with van der Waals surface area (Å²) in [6.45, 7) is 6.82. The molecule has 0 spiro atoms. The van der Waals surface area contributed by atoms with Crippen LogP contribution in [0.2, 0.25) is 0 Å². The molecule has 2 rings (SSSR count). The fourth-order valence-electron chi connectivity index (χ4n) is 2.25. The summed E-state index contributed by atoms with van der Waals surface area (Å²) in [5, 5.41) is 3.52. The molecule has 3 nitrogen and oxygen atoms in total. The molecule has 1 aromatic heterocycles. The van der Waals surface area contributed by atoms with Gasteiger partial charge in [0.25, 0.3) is 0 Å². The summed E-state index contributed by atoms with van der Waals surface area (Å²) in [6.07, 6.45) is 3.75. The standard InChI is InChI=1S/C17H23N3/c1-17(2,16-7-4-8-19-12-16)13-20-11-15-6-3-5-14(9-15)10-18/h3-9,12,20H,10-11,13,18H2,1-2H3. The van der Waals surface area contributed by atoms with Gasteiger partial charge in [0, 0.05) is 37.4 Å². The molecule has 1 heterocycles. The van der Waals surface area contributed by atoms with Crippen LogP contribution in [-0.4, -0.2) is 11.5 Å². The Labute approximate surface area is 121 Å². The van der Waals surface area contributed by atoms with E-state index < -0.39 is 0 Å². The van der Waals surface area contributed by atoms with Crippen LogP contribution in [0.1, 0.15) is 30.5 Å². The maximum atomic E-state index is 5.67. The van der Waals surface area contributed by atoms with Crippen LogP contribution in [0.4, 0.5) is 0 Å². The highest BCUT2D eigenvalue weighted by Gasteiger charge is 2.19. The molecule has 20 heavy (non-hydrogen) atoms. The largest absolute Gasteiger partial charge is 0.326 e. The molecule has 0 aliphatic heterocycles. The van der Waals surface area contributed by atoms with E-state index >= 15 is 0 Å². The second-order valence-corrected chi connectivity index (χ2v) is 5.75. The van der Waals surface area contributed by atoms with Crippen molar-refractivity contribution in [1.29, 1.82) is 0 Å². The molecule has 0 saturated heterocycles. The molecule has 106 valence electrons. The van der Waals surface area contributed by atoms with Crippen molar-refractivity contribution in [3.8, 4) is 0 Å². The molecule has 0 amide bonds. The Kier molecular flexibility index (Phi) is 4.88. The predicted octanol–water partition coefficient (Wildman–Crippen LogP) is 2.61. The highest BCUT2D eigenvalue weighted by Crippen LogP contribution is 2.21. The molecule has 0 bridgehead atoms. The Morgan fingerprint density at radius 1 is 1.15 bits per heavy atom. The van der Waals surface area contributed by atoms with Crippen molar-refractivity contribution in [2.75, 3.05) is 6.54 Å². The molecule has 0 radical (unpaired) electrons. The van der Waals surface area contributed by atoms with E-state index in [2.05, 4.69) is 54.5 Å². The Hall–Kier alpha value is -1.71. The molecular formula is C17H23N3. The number of hydrogen-bond donors (Lipinski definition) is 2. The van der Waals surface area contributed by atoms with E-state index in [0.29, 0.717) is 6.54 Å². The first-order chi connectivity index (χ1) is 9.62. The lowest BCUT2D eigenvalue weighted by Crippen LogP contribution is -2.32. The van der Waals surface area contributed by atoms with Crippen molar-refractivity contribution in [1.82, 2.24) is 10.3 Å². The number of hydrogen-bond acceptors (Lipinski definition) is 3. The van der Waals surface area contributed by atoms with Crippen LogP contribution >= 0.6 is 0 Å². The maximum absolute atomic E-state index is 5.67. The summed E-state index contributed by atoms with van der Waals surface area (Å²) in [7, 11) is 0. The summed E-state index contributed by atoms with van der Waals surface area (Å²) in [6, 6.07) is 12.5. The van der Waals surface area contributed by atoms with Gasteiger partial charge in [-0.25, -0.2) is 0 Å². The smallest absolute Gasteiger partial charge is 0.0305 e. The molecule has 3 N–H and O–H groups in total. The van der Waals surface area contributed by atoms with Gasteiger partial charge in [-0.3, -0.25) is 4.98 Å². The van der Waals surface area contributed by atoms with Gasteiger partial charge in [0.1, 0.15) is 0 Å². The highest BCUT2D eigenvalue weighted by molar-refractivity contribution is 5.24. The highest BCUT2D eigenvalue weighted by atomic mass is 14.9. The number of nitrogens with one attached hydrogen (secondary N) is 1. The van der Waals surface area contributed by atoms with Crippen LogP contribution in [-0.2, 0) is 18.5 Å². The zero-order chi connectivity index (χ0) is 14.4. The monoisotopic (exact) mass is 269 g/mol. The Bertz CT molecular complexity index is 535. The third kappa shape index (κ3) is 3.89. The Balaban J connectivity index is 1.92. The fourth-order valence-corrected chi connectivity index (χ4v) is 2.25. The van der Waals surface area contributed by atoms with Crippen LogP contribution in [0.15, 0.2) is 48.8 Å². The van der Waals surface area contributed by atoms with E-state index in [1.165, 1.54) is 16.7 Å². The molecule has 0 atom stereocenters. The lowest BCUT2D eigenvalue weighted by molar-refractivity contribution is 0.467. The van der Waals surface area contributed by atoms with Crippen molar-refractivity contribution in [2.45, 2.75) is 32.4 Å². The molecule has 0 aliphatic carbocycles. The van der Waals surface area contributed by atoms with Gasteiger partial charge in [0.2, 0.25) is 0 Å². The van der Waals surface area contributed by atoms with E-state index in [1.54, 1.807) is 0 Å². The van der Waals surface area contributed by atoms with Crippen LogP contribution in [0.3, 0.4) is 0 Å². The van der Waals surface area contributed by atoms with Crippen LogP contribution in [0.25, 0.3) is 0 Å². The van der Waals surface area contributed by atoms with Gasteiger partial charge in [0.15, 0.2) is 0 Å². The van der Waals surface area contributed by atoms with Crippen molar-refractivity contribution in [3.05, 3.63) is 65.5 Å². The van der Waals surface area contributed by atoms with Gasteiger partial charge in [-0.1, -0.05) is 44.2 Å². The van der Waals surface area contributed by atoms with Gasteiger partial charge in [-0.2, -0.15) is 0 Å². The fraction of sp³-hybridized carbons (Fsp3) is 0.353. The minimum atomic E-state index is 0.0692. The average Bonchev–Trinajstić information content (AvgIpc) is 2.48. The normalized spacial score (nSPS) is 11.6. The van der Waals surface area contributed by atoms with Gasteiger partial charge in [-0.15, -0.1) is 0 Å². The van der Waals surface area contributed by atoms with Crippen LogP contribution in [0, 0.1) is 0 Å². The number of benzene rings is 1. The van der Waals surface area contributed by atoms with Crippen molar-refractivity contribution in [3.63, 3.8) is 0 Å². The summed E-state index contributed by atoms with van der Waals surface area (Å²) in [5.74, 6) is 0. The van der Waals surface area contributed by atoms with Gasteiger partial charge >= 0.3 is 0 Å². The summed E-state index contributed by atoms with van der Waals surface area (Å²) >= 11 is 0. The number of rotatable bonds is 6. The van der Waals surface area contributed by atoms with Crippen LogP contribution < -0.4 is 11.1 Å². The predicted molar refractivity (Wildman–Crippen MR) is 83.3 cm³/mol. The first-order valence-electron chi connectivity index (χ1n) is 7.01. The second-order valence-electron chi connectivity index (χ2n) is 5.75. The van der Waals surface area contributed by atoms with Gasteiger partial charge in [0.05, 0.1) is 0 Å². The first kappa shape index (κ1) is 14.7. The average molecular weight is 269 g/mol. The molecule has 0 aliphatic rings. The van der Waals surface area contributed by atoms with Crippen molar-refractivity contribution in [2.24, 2.45) is 5.73 Å². The zero-order valence-corrected chi connectivity index (χ0v) is 12.3. The number of pyridine rings is 1. The molecular weight excluding hydrogens is 246 g/mol. The summed E-state index contributed by atoms with van der Waals surface area (Å²) < 4.78 is 0. The van der Waals surface area contributed by atoms with E-state index in [-0.39, 0.29) is 5.41 Å². The molecule has 1 aromatic carbocycles. The SMILES string of the molecule is CC(C)(CNCc1cccc(CN)c1)c1cccnc1. The van der Waals surface area contributed by atoms with E-state index in [9.17, 15) is 0 Å². The molecule has 0 fully saturated rings. The molecule has 2 aromatic rings. The number of nitrogens with two attached hydrogens (primary N) is 1. The van der Waals surface area contributed by atoms with Gasteiger partial charge < -0.3 is 11.1 Å². The van der Waals surface area contributed by atoms with Crippen molar-refractivity contribution < 1.29 is 0 Å². The molecule has 3 heteroatoms. The third-order valence-corrected chi connectivity index (χ3v) is 3.57. The first-order valence-corrected chi connectivity index (χ1v) is 7.01. The minimum Gasteiger partial charge on any atom is -0.326 e. The maximum Gasteiger partial charge on any atom is 0.0305 e. The zero-order valence-electron chi connectivity index (χ0n) is 12.3. The summed E-state index contributed by atoms with van der Waals surface area (Å²) in [5.41, 5.74) is 9.44. The van der Waals surface area contributed by atoms with Gasteiger partial charge in [-0.05, 0) is 22.8 Å². The lowest BCUT2D eigenvalue weighted by Gasteiger charge is -2.25. The Morgan fingerprint density at radius 3 is 2.65 bits per heavy atom. The van der Waals surface area contributed by atoms with E-state index in [1.807, 2.05) is 18.5 Å². The third-order valence-electron chi connectivity index (χ3n) is 3.57. The number of nitrogens with zero attached hydrogens (tertiary/aromatic N) is 1. The number of aromatic nitrogens is 1. The minimum absolute atomic E-state index is 0.0692. The molecule has 0 unspecified atom stereocenters. The summed E-state index contributed by atoms with van der Waals surface area (Å²) in [4.78, 5) is 4.20.